The summed E-state index contributed by atoms with van der Waals surface area (Å²) in [5, 5.41) is 3.32. The van der Waals surface area contributed by atoms with Crippen molar-refractivity contribution in [3.8, 4) is 12.3 Å². The molecule has 0 saturated heterocycles. The second-order valence-electron chi connectivity index (χ2n) is 2.97. The summed E-state index contributed by atoms with van der Waals surface area (Å²) in [6.07, 6.45) is 0.306. The number of ether oxygens (including phenoxy) is 1. The zero-order valence-corrected chi connectivity index (χ0v) is 12.0. The van der Waals surface area contributed by atoms with E-state index >= 15 is 0 Å². The number of terminal acetylenes is 1. The van der Waals surface area contributed by atoms with Gasteiger partial charge in [-0.3, -0.25) is 0 Å². The summed E-state index contributed by atoms with van der Waals surface area (Å²) in [5.74, 6) is 0.923. The Bertz CT molecular complexity index is 397. The molecule has 0 aromatic carbocycles. The van der Waals surface area contributed by atoms with Crippen LogP contribution in [0.15, 0.2) is 16.2 Å². The number of hydrazone groups is 1. The van der Waals surface area contributed by atoms with Crippen LogP contribution in [-0.2, 0) is 9.53 Å². The number of nitrogens with one attached hydrogen (secondary N) is 1. The average molecular weight is 276 g/mol. The Balaban J connectivity index is 5.63. The number of carbonyl (C=O) groups excluding carboxylic acids is 1. The Morgan fingerprint density at radius 3 is 2.61 bits per heavy atom. The van der Waals surface area contributed by atoms with Gasteiger partial charge in [0.2, 0.25) is 0 Å². The molecule has 1 N–H and O–H groups in total. The highest BCUT2D eigenvalue weighted by atomic mass is 27.1. The molecule has 0 aromatic rings. The van der Waals surface area contributed by atoms with Crippen molar-refractivity contribution in [1.82, 2.24) is 4.41 Å². The molecule has 0 heterocycles. The molecule has 0 saturated carbocycles. The fourth-order valence-electron chi connectivity index (χ4n) is 1.05. The number of nitrogens with zero attached hydrogens (tertiary/aromatic N) is 1. The van der Waals surface area contributed by atoms with E-state index in [-0.39, 0.29) is 6.61 Å². The van der Waals surface area contributed by atoms with Crippen molar-refractivity contribution < 1.29 is 22.7 Å². The fourth-order valence-corrected chi connectivity index (χ4v) is 1.18. The first-order valence-corrected chi connectivity index (χ1v) is 5.99. The van der Waals surface area contributed by atoms with Gasteiger partial charge in [-0.15, -0.1) is 12.3 Å². The fraction of sp³-hybridized carbons (Fsp3) is 0.400. The molecule has 0 bridgehead atoms. The Morgan fingerprint density at radius 1 is 1.61 bits per heavy atom. The Morgan fingerprint density at radius 2 is 2.22 bits per heavy atom. The minimum Gasteiger partial charge on any atom is -0.463 e. The zero-order chi connectivity index (χ0) is 14.2. The van der Waals surface area contributed by atoms with Crippen LogP contribution in [0.25, 0.3) is 0 Å². The van der Waals surface area contributed by atoms with E-state index in [0.717, 1.165) is 0 Å². The lowest BCUT2D eigenvalue weighted by Gasteiger charge is -2.12. The third-order valence-corrected chi connectivity index (χ3v) is 2.01. The van der Waals surface area contributed by atoms with Crippen LogP contribution in [0.1, 0.15) is 13.3 Å². The van der Waals surface area contributed by atoms with Gasteiger partial charge in [0.05, 0.1) is 24.0 Å². The molecular weight excluding hydrogens is 264 g/mol. The molecule has 0 aromatic heterocycles. The number of esters is 1. The van der Waals surface area contributed by atoms with E-state index in [0.29, 0.717) is 22.7 Å². The van der Waals surface area contributed by atoms with Crippen molar-refractivity contribution in [2.75, 3.05) is 6.61 Å². The molecular formula is C10H12AlF3N2O2. The number of alkyl halides is 3. The van der Waals surface area contributed by atoms with Crippen molar-refractivity contribution in [3.63, 3.8) is 0 Å². The van der Waals surface area contributed by atoms with Gasteiger partial charge in [0.25, 0.3) is 0 Å². The minimum absolute atomic E-state index is 0.0336. The van der Waals surface area contributed by atoms with Crippen LogP contribution in [0.3, 0.4) is 0 Å². The van der Waals surface area contributed by atoms with Crippen molar-refractivity contribution in [2.24, 2.45) is 5.10 Å². The van der Waals surface area contributed by atoms with Crippen LogP contribution in [0.4, 0.5) is 13.2 Å². The highest BCUT2D eigenvalue weighted by molar-refractivity contribution is 6.05. The molecule has 98 valence electrons. The van der Waals surface area contributed by atoms with E-state index in [1.807, 2.05) is 5.92 Å². The Kier molecular flexibility index (Phi) is 7.18. The Labute approximate surface area is 111 Å². The minimum atomic E-state index is -4.72. The molecule has 18 heavy (non-hydrogen) atoms. The third kappa shape index (κ3) is 5.26. The van der Waals surface area contributed by atoms with Crippen molar-refractivity contribution in [1.29, 1.82) is 0 Å². The number of carbonyl (C=O) groups is 1. The zero-order valence-electron chi connectivity index (χ0n) is 9.97. The molecule has 0 spiro atoms. The second-order valence-corrected chi connectivity index (χ2v) is 3.42. The highest BCUT2D eigenvalue weighted by Crippen LogP contribution is 2.28. The lowest BCUT2D eigenvalue weighted by Crippen LogP contribution is -2.21. The Hall–Kier alpha value is -1.44. The number of halogens is 3. The normalized spacial score (nSPS) is 12.8. The van der Waals surface area contributed by atoms with Gasteiger partial charge < -0.3 is 9.15 Å². The van der Waals surface area contributed by atoms with Gasteiger partial charge in [0, 0.05) is 6.42 Å². The predicted molar refractivity (Wildman–Crippen MR) is 63.3 cm³/mol. The molecule has 4 nitrogen and oxygen atoms in total. The number of hydrogen-bond donors (Lipinski definition) is 1. The largest absolute Gasteiger partial charge is 0.463 e. The van der Waals surface area contributed by atoms with Gasteiger partial charge in [0.1, 0.15) is 0 Å². The first kappa shape index (κ1) is 16.6. The maximum Gasteiger partial charge on any atom is 0.418 e. The molecule has 0 rings (SSSR count). The van der Waals surface area contributed by atoms with Crippen LogP contribution < -0.4 is 4.41 Å². The topological polar surface area (TPSA) is 50.7 Å². The van der Waals surface area contributed by atoms with Crippen molar-refractivity contribution in [2.45, 2.75) is 19.5 Å². The monoisotopic (exact) mass is 276 g/mol. The van der Waals surface area contributed by atoms with Gasteiger partial charge in [-0.1, -0.05) is 0 Å². The first-order valence-electron chi connectivity index (χ1n) is 4.99. The lowest BCUT2D eigenvalue weighted by atomic mass is 10.1. The molecule has 0 aliphatic heterocycles. The van der Waals surface area contributed by atoms with Gasteiger partial charge in [-0.05, 0) is 6.92 Å². The summed E-state index contributed by atoms with van der Waals surface area (Å²) < 4.78 is 45.2. The number of rotatable bonds is 5. The molecule has 0 atom stereocenters. The molecule has 0 radical (unpaired) electrons. The SMILES string of the molecule is C#CC/C(C(=O)OCC)=C(/C=N/[NH][AlH2])C(F)(F)F. The van der Waals surface area contributed by atoms with E-state index in [2.05, 4.69) is 14.2 Å². The molecule has 0 aliphatic carbocycles. The first-order chi connectivity index (χ1) is 8.38. The van der Waals surface area contributed by atoms with Crippen LogP contribution in [0.2, 0.25) is 0 Å². The molecule has 8 heteroatoms. The van der Waals surface area contributed by atoms with E-state index in [1.54, 1.807) is 0 Å². The summed E-state index contributed by atoms with van der Waals surface area (Å²) in [7, 11) is 0. The second kappa shape index (κ2) is 7.81. The summed E-state index contributed by atoms with van der Waals surface area (Å²) in [6, 6.07) is 0. The third-order valence-electron chi connectivity index (χ3n) is 1.75. The lowest BCUT2D eigenvalue weighted by molar-refractivity contribution is -0.139. The maximum atomic E-state index is 12.8. The van der Waals surface area contributed by atoms with Crippen LogP contribution in [-0.4, -0.2) is 41.5 Å². The van der Waals surface area contributed by atoms with Crippen molar-refractivity contribution >= 4 is 28.7 Å². The number of hydrogen-bond acceptors (Lipinski definition) is 4. The molecule has 0 fully saturated rings. The van der Waals surface area contributed by atoms with Gasteiger partial charge >= 0.3 is 28.7 Å². The van der Waals surface area contributed by atoms with E-state index < -0.39 is 29.7 Å². The molecule has 0 aliphatic rings. The number of allylic oxidation sites excluding steroid dienone is 1. The summed E-state index contributed by atoms with van der Waals surface area (Å²) in [5.41, 5.74) is -1.81. The van der Waals surface area contributed by atoms with E-state index in [9.17, 15) is 18.0 Å². The van der Waals surface area contributed by atoms with E-state index in [1.165, 1.54) is 6.92 Å². The standard InChI is InChI=1S/C10H11F3N2O2.Al.2H/c1-3-5-7(9(16)17-4-2)8(6-15-14)10(11,12)13;;;/h1,6H,4-5H2,2H3,(H2,14,16);;;/q;+1;;/p-1. The van der Waals surface area contributed by atoms with Crippen LogP contribution in [0.5, 0.6) is 0 Å². The van der Waals surface area contributed by atoms with Gasteiger partial charge in [-0.25, -0.2) is 9.90 Å². The summed E-state index contributed by atoms with van der Waals surface area (Å²) >= 11 is 0.383. The maximum absolute atomic E-state index is 12.8. The quantitative estimate of drug-likeness (QED) is 0.199. The van der Waals surface area contributed by atoms with E-state index in [4.69, 9.17) is 6.42 Å². The van der Waals surface area contributed by atoms with Crippen molar-refractivity contribution in [3.05, 3.63) is 11.1 Å². The summed E-state index contributed by atoms with van der Waals surface area (Å²) in [6.45, 7) is 1.46. The summed E-state index contributed by atoms with van der Waals surface area (Å²) in [4.78, 5) is 11.4. The molecule has 0 amide bonds. The smallest absolute Gasteiger partial charge is 0.418 e. The predicted octanol–water partition coefficient (Wildman–Crippen LogP) is 0.555. The van der Waals surface area contributed by atoms with Gasteiger partial charge in [0.15, 0.2) is 0 Å². The molecule has 0 unspecified atom stereocenters. The van der Waals surface area contributed by atoms with Gasteiger partial charge in [-0.2, -0.15) is 13.2 Å². The van der Waals surface area contributed by atoms with Crippen LogP contribution >= 0.6 is 0 Å². The average Bonchev–Trinajstić information content (AvgIpc) is 2.26. The van der Waals surface area contributed by atoms with Crippen LogP contribution in [0, 0.1) is 12.3 Å². The highest BCUT2D eigenvalue weighted by Gasteiger charge is 2.37.